The molecule has 8 heteroatoms. The first-order chi connectivity index (χ1) is 15.0. The average molecular weight is 423 g/mol. The molecule has 0 bridgehead atoms. The van der Waals surface area contributed by atoms with Crippen LogP contribution in [0.5, 0.6) is 5.75 Å². The molecule has 0 spiro atoms. The van der Waals surface area contributed by atoms with Crippen molar-refractivity contribution in [3.05, 3.63) is 65.7 Å². The average Bonchev–Trinajstić information content (AvgIpc) is 2.81. The molecular formula is C23H25N3O5. The van der Waals surface area contributed by atoms with Gasteiger partial charge in [0.2, 0.25) is 11.8 Å². The molecule has 2 saturated heterocycles. The molecule has 2 aromatic carbocycles. The highest BCUT2D eigenvalue weighted by atomic mass is 16.6. The maximum atomic E-state index is 13.0. The van der Waals surface area contributed by atoms with Crippen LogP contribution in [-0.4, -0.2) is 66.5 Å². The minimum absolute atomic E-state index is 0.125. The van der Waals surface area contributed by atoms with Crippen LogP contribution in [0, 0.1) is 0 Å². The summed E-state index contributed by atoms with van der Waals surface area (Å²) in [5.41, 5.74) is 1.82. The Morgan fingerprint density at radius 3 is 2.48 bits per heavy atom. The summed E-state index contributed by atoms with van der Waals surface area (Å²) in [7, 11) is 1.59. The molecule has 0 aliphatic carbocycles. The Morgan fingerprint density at radius 1 is 1.03 bits per heavy atom. The van der Waals surface area contributed by atoms with Gasteiger partial charge in [-0.2, -0.15) is 0 Å². The quantitative estimate of drug-likeness (QED) is 0.789. The maximum Gasteiger partial charge on any atom is 0.410 e. The molecule has 2 aliphatic rings. The van der Waals surface area contributed by atoms with E-state index in [1.807, 2.05) is 54.6 Å². The largest absolute Gasteiger partial charge is 0.497 e. The first-order valence-corrected chi connectivity index (χ1v) is 10.2. The summed E-state index contributed by atoms with van der Waals surface area (Å²) in [5, 5.41) is 2.82. The van der Waals surface area contributed by atoms with Gasteiger partial charge in [0.15, 0.2) is 0 Å². The molecular weight excluding hydrogens is 398 g/mol. The van der Waals surface area contributed by atoms with Crippen molar-refractivity contribution in [1.29, 1.82) is 0 Å². The molecule has 8 nitrogen and oxygen atoms in total. The summed E-state index contributed by atoms with van der Waals surface area (Å²) in [5.74, 6) is 0.356. The summed E-state index contributed by atoms with van der Waals surface area (Å²) in [6.07, 6.45) is -0.0789. The van der Waals surface area contributed by atoms with Crippen LogP contribution in [-0.2, 0) is 27.4 Å². The molecule has 4 rings (SSSR count). The van der Waals surface area contributed by atoms with Crippen molar-refractivity contribution < 1.29 is 23.9 Å². The van der Waals surface area contributed by atoms with Crippen LogP contribution in [0.2, 0.25) is 0 Å². The number of benzene rings is 2. The lowest BCUT2D eigenvalue weighted by atomic mass is 9.98. The fraction of sp³-hybridized carbons (Fsp3) is 0.348. The van der Waals surface area contributed by atoms with E-state index >= 15 is 0 Å². The van der Waals surface area contributed by atoms with E-state index in [9.17, 15) is 14.4 Å². The number of piperazine rings is 2. The summed E-state index contributed by atoms with van der Waals surface area (Å²) in [4.78, 5) is 41.2. The molecule has 2 fully saturated rings. The molecule has 2 aliphatic heterocycles. The number of hydrogen-bond donors (Lipinski definition) is 1. The van der Waals surface area contributed by atoms with Gasteiger partial charge in [0.25, 0.3) is 0 Å². The third kappa shape index (κ3) is 4.63. The topological polar surface area (TPSA) is 88.2 Å². The number of amides is 3. The van der Waals surface area contributed by atoms with Crippen molar-refractivity contribution in [2.45, 2.75) is 25.1 Å². The van der Waals surface area contributed by atoms with Gasteiger partial charge in [0, 0.05) is 19.5 Å². The van der Waals surface area contributed by atoms with Crippen molar-refractivity contribution in [1.82, 2.24) is 15.1 Å². The maximum absolute atomic E-state index is 13.0. The van der Waals surface area contributed by atoms with E-state index in [1.165, 1.54) is 4.90 Å². The highest BCUT2D eigenvalue weighted by Crippen LogP contribution is 2.20. The molecule has 162 valence electrons. The van der Waals surface area contributed by atoms with Crippen LogP contribution in [0.15, 0.2) is 54.6 Å². The number of nitrogens with one attached hydrogen (secondary N) is 1. The Bertz CT molecular complexity index is 947. The highest BCUT2D eigenvalue weighted by Gasteiger charge is 2.44. The van der Waals surface area contributed by atoms with Crippen molar-refractivity contribution in [3.63, 3.8) is 0 Å². The highest BCUT2D eigenvalue weighted by molar-refractivity contribution is 5.97. The van der Waals surface area contributed by atoms with E-state index in [1.54, 1.807) is 12.0 Å². The Kier molecular flexibility index (Phi) is 6.06. The fourth-order valence-corrected chi connectivity index (χ4v) is 3.91. The standard InChI is InChI=1S/C23H25N3O5/c1-30-18-9-7-16(8-10-18)13-19-22(28)26-12-11-25(14-20(26)21(27)24-19)23(29)31-15-17-5-3-2-4-6-17/h2-10,19-20H,11-15H2,1H3,(H,24,27)/t19-,20+/m0/s1. The van der Waals surface area contributed by atoms with E-state index in [0.29, 0.717) is 19.5 Å². The van der Waals surface area contributed by atoms with E-state index < -0.39 is 18.2 Å². The molecule has 2 atom stereocenters. The van der Waals surface area contributed by atoms with E-state index in [4.69, 9.17) is 9.47 Å². The minimum Gasteiger partial charge on any atom is -0.497 e. The lowest BCUT2D eigenvalue weighted by Crippen LogP contribution is -2.70. The van der Waals surface area contributed by atoms with Crippen LogP contribution in [0.1, 0.15) is 11.1 Å². The molecule has 0 unspecified atom stereocenters. The number of carbonyl (C=O) groups excluding carboxylic acids is 3. The van der Waals surface area contributed by atoms with Crippen LogP contribution in [0.25, 0.3) is 0 Å². The predicted molar refractivity (Wildman–Crippen MR) is 112 cm³/mol. The Morgan fingerprint density at radius 2 is 1.77 bits per heavy atom. The predicted octanol–water partition coefficient (Wildman–Crippen LogP) is 1.59. The first kappa shape index (κ1) is 20.7. The van der Waals surface area contributed by atoms with E-state index in [0.717, 1.165) is 16.9 Å². The van der Waals surface area contributed by atoms with Crippen molar-refractivity contribution >= 4 is 17.9 Å². The van der Waals surface area contributed by atoms with Gasteiger partial charge >= 0.3 is 6.09 Å². The van der Waals surface area contributed by atoms with Crippen LogP contribution < -0.4 is 10.1 Å². The minimum atomic E-state index is -0.697. The molecule has 2 heterocycles. The fourth-order valence-electron chi connectivity index (χ4n) is 3.91. The van der Waals surface area contributed by atoms with Crippen LogP contribution >= 0.6 is 0 Å². The number of methoxy groups -OCH3 is 1. The monoisotopic (exact) mass is 423 g/mol. The van der Waals surface area contributed by atoms with Gasteiger partial charge < -0.3 is 24.6 Å². The second-order valence-corrected chi connectivity index (χ2v) is 7.65. The number of ether oxygens (including phenoxy) is 2. The van der Waals surface area contributed by atoms with Crippen LogP contribution in [0.4, 0.5) is 4.79 Å². The summed E-state index contributed by atoms with van der Waals surface area (Å²) < 4.78 is 10.5. The lowest BCUT2D eigenvalue weighted by molar-refractivity contribution is -0.152. The van der Waals surface area contributed by atoms with Gasteiger partial charge in [-0.05, 0) is 23.3 Å². The number of nitrogens with zero attached hydrogens (tertiary/aromatic N) is 2. The smallest absolute Gasteiger partial charge is 0.410 e. The van der Waals surface area contributed by atoms with E-state index in [2.05, 4.69) is 5.32 Å². The zero-order chi connectivity index (χ0) is 21.8. The molecule has 31 heavy (non-hydrogen) atoms. The van der Waals surface area contributed by atoms with Gasteiger partial charge in [0.1, 0.15) is 24.4 Å². The number of fused-ring (bicyclic) bond motifs is 1. The number of carbonyl (C=O) groups is 3. The van der Waals surface area contributed by atoms with Gasteiger partial charge in [-0.3, -0.25) is 9.59 Å². The van der Waals surface area contributed by atoms with E-state index in [-0.39, 0.29) is 25.0 Å². The molecule has 2 aromatic rings. The zero-order valence-electron chi connectivity index (χ0n) is 17.3. The second kappa shape index (κ2) is 9.07. The molecule has 3 amide bonds. The Balaban J connectivity index is 1.35. The summed E-state index contributed by atoms with van der Waals surface area (Å²) >= 11 is 0. The second-order valence-electron chi connectivity index (χ2n) is 7.65. The molecule has 0 aromatic heterocycles. The zero-order valence-corrected chi connectivity index (χ0v) is 17.3. The molecule has 0 saturated carbocycles. The number of hydrogen-bond acceptors (Lipinski definition) is 5. The lowest BCUT2D eigenvalue weighted by Gasteiger charge is -2.44. The summed E-state index contributed by atoms with van der Waals surface area (Å²) in [6, 6.07) is 15.5. The van der Waals surface area contributed by atoms with Gasteiger partial charge in [-0.15, -0.1) is 0 Å². The Hall–Kier alpha value is -3.55. The van der Waals surface area contributed by atoms with Crippen molar-refractivity contribution in [2.75, 3.05) is 26.7 Å². The van der Waals surface area contributed by atoms with Gasteiger partial charge in [-0.1, -0.05) is 42.5 Å². The summed E-state index contributed by atoms with van der Waals surface area (Å²) in [6.45, 7) is 0.926. The van der Waals surface area contributed by atoms with Crippen molar-refractivity contribution in [3.8, 4) is 5.75 Å². The first-order valence-electron chi connectivity index (χ1n) is 10.2. The SMILES string of the molecule is COc1ccc(C[C@@H]2NC(=O)[C@H]3CN(C(=O)OCc4ccccc4)CCN3C2=O)cc1. The van der Waals surface area contributed by atoms with Crippen LogP contribution in [0.3, 0.4) is 0 Å². The normalized spacial score (nSPS) is 20.7. The number of rotatable bonds is 5. The Labute approximate surface area is 180 Å². The third-order valence-corrected chi connectivity index (χ3v) is 5.64. The van der Waals surface area contributed by atoms with Gasteiger partial charge in [0.05, 0.1) is 13.7 Å². The third-order valence-electron chi connectivity index (χ3n) is 5.64. The molecule has 0 radical (unpaired) electrons. The van der Waals surface area contributed by atoms with Crippen molar-refractivity contribution in [2.24, 2.45) is 0 Å². The van der Waals surface area contributed by atoms with Gasteiger partial charge in [-0.25, -0.2) is 4.79 Å². The molecule has 1 N–H and O–H groups in total.